The minimum Gasteiger partial charge on any atom is -0.379 e. The normalized spacial score (nSPS) is 13.7. The largest absolute Gasteiger partial charge is 0.379 e. The van der Waals surface area contributed by atoms with E-state index in [9.17, 15) is 8.42 Å². The molecule has 1 atom stereocenters. The summed E-state index contributed by atoms with van der Waals surface area (Å²) in [4.78, 5) is 4.11. The highest BCUT2D eigenvalue weighted by atomic mass is 127. The molecule has 0 rings (SSSR count). The van der Waals surface area contributed by atoms with Crippen molar-refractivity contribution in [3.63, 3.8) is 0 Å². The molecule has 0 radical (unpaired) electrons. The molecule has 0 aromatic heterocycles. The summed E-state index contributed by atoms with van der Waals surface area (Å²) in [6.07, 6.45) is 2.97. The van der Waals surface area contributed by atoms with E-state index < -0.39 is 9.84 Å². The van der Waals surface area contributed by atoms with E-state index in [0.717, 1.165) is 13.0 Å². The first-order chi connectivity index (χ1) is 9.24. The lowest BCUT2D eigenvalue weighted by molar-refractivity contribution is 0.0776. The molecule has 0 aromatic carbocycles. The summed E-state index contributed by atoms with van der Waals surface area (Å²) in [6.45, 7) is 7.45. The summed E-state index contributed by atoms with van der Waals surface area (Å²) >= 11 is 0. The van der Waals surface area contributed by atoms with Crippen molar-refractivity contribution in [2.24, 2.45) is 4.99 Å². The second kappa shape index (κ2) is 12.5. The number of hydrogen-bond donors (Lipinski definition) is 2. The minimum atomic E-state index is -2.91. The zero-order chi connectivity index (χ0) is 15.6. The number of nitrogens with zero attached hydrogens (tertiary/aromatic N) is 1. The topological polar surface area (TPSA) is 79.8 Å². The minimum absolute atomic E-state index is 0. The highest BCUT2D eigenvalue weighted by Gasteiger charge is 2.09. The second-order valence-electron chi connectivity index (χ2n) is 5.24. The molecule has 0 aliphatic heterocycles. The van der Waals surface area contributed by atoms with Gasteiger partial charge in [-0.15, -0.1) is 24.0 Å². The first-order valence-electron chi connectivity index (χ1n) is 7.01. The van der Waals surface area contributed by atoms with Crippen LogP contribution < -0.4 is 10.6 Å². The van der Waals surface area contributed by atoms with Crippen LogP contribution in [0.3, 0.4) is 0 Å². The molecule has 0 aliphatic carbocycles. The molecule has 0 saturated heterocycles. The predicted molar refractivity (Wildman–Crippen MR) is 99.4 cm³/mol. The van der Waals surface area contributed by atoms with E-state index in [1.807, 2.05) is 20.8 Å². The highest BCUT2D eigenvalue weighted by Crippen LogP contribution is 1.95. The highest BCUT2D eigenvalue weighted by molar-refractivity contribution is 14.0. The molecule has 0 fully saturated rings. The Kier molecular flexibility index (Phi) is 13.7. The van der Waals surface area contributed by atoms with Crippen LogP contribution in [0.2, 0.25) is 0 Å². The molecule has 0 spiro atoms. The average molecular weight is 435 g/mol. The van der Waals surface area contributed by atoms with Crippen molar-refractivity contribution in [3.8, 4) is 0 Å². The summed E-state index contributed by atoms with van der Waals surface area (Å²) < 4.78 is 27.7. The molecule has 6 nitrogen and oxygen atoms in total. The van der Waals surface area contributed by atoms with Crippen LogP contribution in [-0.4, -0.2) is 58.7 Å². The summed E-state index contributed by atoms with van der Waals surface area (Å²) in [5, 5.41) is 6.35. The molecular weight excluding hydrogens is 405 g/mol. The summed E-state index contributed by atoms with van der Waals surface area (Å²) in [7, 11) is -1.21. The van der Waals surface area contributed by atoms with E-state index in [1.54, 1.807) is 7.05 Å². The Morgan fingerprint density at radius 3 is 2.38 bits per heavy atom. The fourth-order valence-corrected chi connectivity index (χ4v) is 2.27. The fourth-order valence-electron chi connectivity index (χ4n) is 1.49. The standard InChI is InChI=1S/C13H29N3O3S.HI/c1-11(2)19-9-6-8-15-13(14-4)16-12(3)7-10-20(5,17)18;/h11-12H,6-10H2,1-5H3,(H2,14,15,16);1H. The SMILES string of the molecule is CN=C(NCCCOC(C)C)NC(C)CCS(C)(=O)=O.I. The molecule has 2 N–H and O–H groups in total. The predicted octanol–water partition coefficient (Wildman–Crippen LogP) is 1.41. The van der Waals surface area contributed by atoms with Gasteiger partial charge in [-0.3, -0.25) is 4.99 Å². The Balaban J connectivity index is 0. The van der Waals surface area contributed by atoms with Crippen molar-refractivity contribution in [1.29, 1.82) is 0 Å². The monoisotopic (exact) mass is 435 g/mol. The third kappa shape index (κ3) is 16.1. The Labute approximate surface area is 146 Å². The average Bonchev–Trinajstić information content (AvgIpc) is 2.33. The van der Waals surface area contributed by atoms with Gasteiger partial charge < -0.3 is 15.4 Å². The maximum absolute atomic E-state index is 11.1. The first-order valence-corrected chi connectivity index (χ1v) is 9.07. The molecule has 0 heterocycles. The smallest absolute Gasteiger partial charge is 0.191 e. The summed E-state index contributed by atoms with van der Waals surface area (Å²) in [5.41, 5.74) is 0. The van der Waals surface area contributed by atoms with Gasteiger partial charge in [0.25, 0.3) is 0 Å². The Bertz CT molecular complexity index is 386. The van der Waals surface area contributed by atoms with Gasteiger partial charge in [-0.05, 0) is 33.6 Å². The van der Waals surface area contributed by atoms with E-state index >= 15 is 0 Å². The lowest BCUT2D eigenvalue weighted by Crippen LogP contribution is -2.43. The van der Waals surface area contributed by atoms with Crippen LogP contribution in [0.1, 0.15) is 33.6 Å². The maximum Gasteiger partial charge on any atom is 0.191 e. The van der Waals surface area contributed by atoms with Crippen LogP contribution in [0.5, 0.6) is 0 Å². The Hall–Kier alpha value is -0.0900. The maximum atomic E-state index is 11.1. The molecule has 0 bridgehead atoms. The quantitative estimate of drug-likeness (QED) is 0.248. The van der Waals surface area contributed by atoms with Crippen LogP contribution in [-0.2, 0) is 14.6 Å². The third-order valence-corrected chi connectivity index (χ3v) is 3.57. The van der Waals surface area contributed by atoms with Crippen molar-refractivity contribution < 1.29 is 13.2 Å². The van der Waals surface area contributed by atoms with Gasteiger partial charge in [0.2, 0.25) is 0 Å². The molecule has 0 saturated carbocycles. The molecule has 0 amide bonds. The Morgan fingerprint density at radius 1 is 1.29 bits per heavy atom. The van der Waals surface area contributed by atoms with Gasteiger partial charge in [-0.2, -0.15) is 0 Å². The van der Waals surface area contributed by atoms with E-state index in [4.69, 9.17) is 4.74 Å². The van der Waals surface area contributed by atoms with E-state index in [2.05, 4.69) is 15.6 Å². The number of hydrogen-bond acceptors (Lipinski definition) is 4. The van der Waals surface area contributed by atoms with Crippen molar-refractivity contribution >= 4 is 39.8 Å². The van der Waals surface area contributed by atoms with Crippen molar-refractivity contribution in [2.75, 3.05) is 32.2 Å². The molecule has 1 unspecified atom stereocenters. The van der Waals surface area contributed by atoms with E-state index in [0.29, 0.717) is 19.0 Å². The number of ether oxygens (including phenoxy) is 1. The number of sulfone groups is 1. The van der Waals surface area contributed by atoms with Crippen LogP contribution >= 0.6 is 24.0 Å². The Morgan fingerprint density at radius 2 is 1.90 bits per heavy atom. The number of aliphatic imine (C=N–C) groups is 1. The molecule has 8 heteroatoms. The summed E-state index contributed by atoms with van der Waals surface area (Å²) in [6, 6.07) is 0.0582. The van der Waals surface area contributed by atoms with Gasteiger partial charge in [-0.25, -0.2) is 8.42 Å². The first kappa shape index (κ1) is 23.2. The van der Waals surface area contributed by atoms with Crippen LogP contribution in [0.15, 0.2) is 4.99 Å². The van der Waals surface area contributed by atoms with Crippen molar-refractivity contribution in [3.05, 3.63) is 0 Å². The van der Waals surface area contributed by atoms with E-state index in [-0.39, 0.29) is 41.9 Å². The lowest BCUT2D eigenvalue weighted by atomic mass is 10.3. The number of halogens is 1. The van der Waals surface area contributed by atoms with Gasteiger partial charge in [0.05, 0.1) is 11.9 Å². The van der Waals surface area contributed by atoms with E-state index in [1.165, 1.54) is 6.26 Å². The molecule has 21 heavy (non-hydrogen) atoms. The lowest BCUT2D eigenvalue weighted by Gasteiger charge is -2.17. The van der Waals surface area contributed by atoms with Crippen LogP contribution in [0, 0.1) is 0 Å². The van der Waals surface area contributed by atoms with Gasteiger partial charge in [0, 0.05) is 32.5 Å². The van der Waals surface area contributed by atoms with Gasteiger partial charge >= 0.3 is 0 Å². The zero-order valence-corrected chi connectivity index (χ0v) is 16.8. The van der Waals surface area contributed by atoms with Crippen LogP contribution in [0.4, 0.5) is 0 Å². The van der Waals surface area contributed by atoms with Gasteiger partial charge in [-0.1, -0.05) is 0 Å². The number of rotatable bonds is 9. The van der Waals surface area contributed by atoms with Crippen molar-refractivity contribution in [1.82, 2.24) is 10.6 Å². The molecule has 0 aliphatic rings. The number of guanidine groups is 1. The molecule has 0 aromatic rings. The second-order valence-corrected chi connectivity index (χ2v) is 7.50. The van der Waals surface area contributed by atoms with Crippen LogP contribution in [0.25, 0.3) is 0 Å². The number of nitrogens with one attached hydrogen (secondary N) is 2. The van der Waals surface area contributed by atoms with Crippen molar-refractivity contribution in [2.45, 2.75) is 45.8 Å². The molecular formula is C13H30IN3O3S. The zero-order valence-electron chi connectivity index (χ0n) is 13.7. The van der Waals surface area contributed by atoms with Gasteiger partial charge in [0.1, 0.15) is 9.84 Å². The fraction of sp³-hybridized carbons (Fsp3) is 0.923. The third-order valence-electron chi connectivity index (χ3n) is 2.59. The van der Waals surface area contributed by atoms with Gasteiger partial charge in [0.15, 0.2) is 5.96 Å². The summed E-state index contributed by atoms with van der Waals surface area (Å²) in [5.74, 6) is 0.871. The molecule has 128 valence electrons.